The van der Waals surface area contributed by atoms with Gasteiger partial charge in [-0.2, -0.15) is 0 Å². The van der Waals surface area contributed by atoms with E-state index in [1.807, 2.05) is 72.8 Å². The van der Waals surface area contributed by atoms with Crippen LogP contribution in [0.5, 0.6) is 0 Å². The van der Waals surface area contributed by atoms with Crippen molar-refractivity contribution >= 4 is 43.5 Å². The maximum atomic E-state index is 9.45. The van der Waals surface area contributed by atoms with Gasteiger partial charge in [-0.25, -0.2) is 0 Å². The van der Waals surface area contributed by atoms with Crippen molar-refractivity contribution in [3.05, 3.63) is 170 Å². The fourth-order valence-electron chi connectivity index (χ4n) is 6.72. The van der Waals surface area contributed by atoms with Crippen LogP contribution in [0.15, 0.2) is 174 Å². The molecule has 0 N–H and O–H groups in total. The molecule has 1 nitrogen and oxygen atoms in total. The van der Waals surface area contributed by atoms with Gasteiger partial charge in [-0.15, -0.1) is 0 Å². The molecule has 0 atom stereocenters. The molecule has 0 aliphatic heterocycles. The standard InChI is InChI=1S/C44H28O/c1-3-14-29(15-4-1)31-18-13-19-32(28-31)41-34-20-7-9-22-36(34)42(37-23-10-8-21-35(37)41)44-33(30-16-5-2-6-17-30)26-27-40-43(44)38-24-11-12-25-39(38)45-40/h1-28H/i11D,12D,24D,25D,26D,27D. The summed E-state index contributed by atoms with van der Waals surface area (Å²) in [5.74, 6) is 0. The van der Waals surface area contributed by atoms with Crippen LogP contribution in [0.25, 0.3) is 88.0 Å². The number of para-hydroxylation sites is 1. The summed E-state index contributed by atoms with van der Waals surface area (Å²) in [5, 5.41) is 4.37. The minimum atomic E-state index is -0.410. The van der Waals surface area contributed by atoms with E-state index >= 15 is 0 Å². The van der Waals surface area contributed by atoms with Crippen molar-refractivity contribution in [2.75, 3.05) is 0 Å². The van der Waals surface area contributed by atoms with Crippen LogP contribution in [0.2, 0.25) is 0 Å². The molecule has 1 heterocycles. The van der Waals surface area contributed by atoms with Crippen LogP contribution in [-0.4, -0.2) is 0 Å². The summed E-state index contributed by atoms with van der Waals surface area (Å²) in [5.41, 5.74) is 6.97. The Bertz CT molecular complexity index is 2800. The average Bonchev–Trinajstić information content (AvgIpc) is 3.58. The van der Waals surface area contributed by atoms with Gasteiger partial charge in [-0.05, 0) is 78.6 Å². The van der Waals surface area contributed by atoms with Crippen LogP contribution in [0, 0.1) is 0 Å². The van der Waals surface area contributed by atoms with Crippen LogP contribution in [0.4, 0.5) is 0 Å². The van der Waals surface area contributed by atoms with Crippen molar-refractivity contribution < 1.29 is 12.6 Å². The molecule has 0 radical (unpaired) electrons. The van der Waals surface area contributed by atoms with Gasteiger partial charge in [0.2, 0.25) is 0 Å². The third-order valence-electron chi connectivity index (χ3n) is 8.64. The fraction of sp³-hybridized carbons (Fsp3) is 0. The first-order valence-electron chi connectivity index (χ1n) is 18.0. The minimum absolute atomic E-state index is 0.0293. The number of fused-ring (bicyclic) bond motifs is 5. The largest absolute Gasteiger partial charge is 0.456 e. The molecule has 9 rings (SSSR count). The Morgan fingerprint density at radius 2 is 0.933 bits per heavy atom. The van der Waals surface area contributed by atoms with Gasteiger partial charge in [-0.1, -0.05) is 152 Å². The van der Waals surface area contributed by atoms with Crippen LogP contribution in [0.1, 0.15) is 8.22 Å². The van der Waals surface area contributed by atoms with Gasteiger partial charge >= 0.3 is 0 Å². The summed E-state index contributed by atoms with van der Waals surface area (Å²) in [6.45, 7) is 0. The zero-order chi connectivity index (χ0) is 35.0. The third kappa shape index (κ3) is 4.09. The second-order valence-electron chi connectivity index (χ2n) is 11.2. The lowest BCUT2D eigenvalue weighted by Gasteiger charge is -2.20. The maximum absolute atomic E-state index is 9.45. The predicted octanol–water partition coefficient (Wildman–Crippen LogP) is 12.6. The minimum Gasteiger partial charge on any atom is -0.456 e. The van der Waals surface area contributed by atoms with E-state index in [1.54, 1.807) is 0 Å². The van der Waals surface area contributed by atoms with E-state index in [4.69, 9.17) is 9.90 Å². The summed E-state index contributed by atoms with van der Waals surface area (Å²) < 4.78 is 59.7. The highest BCUT2D eigenvalue weighted by Crippen LogP contribution is 2.50. The molecule has 1 aromatic heterocycles. The van der Waals surface area contributed by atoms with Crippen LogP contribution in [0.3, 0.4) is 0 Å². The van der Waals surface area contributed by atoms with Crippen molar-refractivity contribution in [3.63, 3.8) is 0 Å². The smallest absolute Gasteiger partial charge is 0.136 e. The molecule has 9 aromatic rings. The fourth-order valence-corrected chi connectivity index (χ4v) is 6.72. The van der Waals surface area contributed by atoms with Gasteiger partial charge in [0.15, 0.2) is 0 Å². The van der Waals surface area contributed by atoms with E-state index in [-0.39, 0.29) is 46.8 Å². The molecule has 0 bridgehead atoms. The Kier molecular flexibility index (Phi) is 4.63. The molecule has 0 fully saturated rings. The lowest BCUT2D eigenvalue weighted by Crippen LogP contribution is -1.94. The van der Waals surface area contributed by atoms with Gasteiger partial charge in [0.05, 0.1) is 8.22 Å². The highest BCUT2D eigenvalue weighted by Gasteiger charge is 2.23. The van der Waals surface area contributed by atoms with Crippen LogP contribution >= 0.6 is 0 Å². The topological polar surface area (TPSA) is 13.1 Å². The number of benzene rings is 8. The SMILES string of the molecule is [2H]c1c([2H])c([2H])c2c(oc3c([2H])c([2H])c(-c4ccccc4)c(-c4c5ccccc5c(-c5cccc(-c6ccccc6)c5)c5ccccc45)c32)c1[2H]. The van der Waals surface area contributed by atoms with Crippen molar-refractivity contribution in [2.24, 2.45) is 0 Å². The Morgan fingerprint density at radius 3 is 1.62 bits per heavy atom. The normalized spacial score (nSPS) is 13.4. The first kappa shape index (κ1) is 20.1. The Hall–Kier alpha value is -5.92. The maximum Gasteiger partial charge on any atom is 0.136 e. The summed E-state index contributed by atoms with van der Waals surface area (Å²) in [4.78, 5) is 0. The van der Waals surface area contributed by atoms with E-state index in [1.165, 1.54) is 0 Å². The zero-order valence-corrected chi connectivity index (χ0v) is 24.1. The van der Waals surface area contributed by atoms with Crippen molar-refractivity contribution in [3.8, 4) is 44.5 Å². The van der Waals surface area contributed by atoms with Gasteiger partial charge in [0.25, 0.3) is 0 Å². The summed E-state index contributed by atoms with van der Waals surface area (Å²) in [6.07, 6.45) is 0. The lowest BCUT2D eigenvalue weighted by molar-refractivity contribution is 0.669. The molecule has 8 aromatic carbocycles. The number of furan rings is 1. The molecule has 1 heteroatoms. The molecular formula is C44H28O. The predicted molar refractivity (Wildman–Crippen MR) is 190 cm³/mol. The van der Waals surface area contributed by atoms with Crippen LogP contribution < -0.4 is 0 Å². The number of hydrogen-bond donors (Lipinski definition) is 0. The number of hydrogen-bond acceptors (Lipinski definition) is 1. The molecule has 0 saturated heterocycles. The Balaban J connectivity index is 1.51. The molecule has 0 spiro atoms. The molecule has 0 aliphatic rings. The summed E-state index contributed by atoms with van der Waals surface area (Å²) >= 11 is 0. The van der Waals surface area contributed by atoms with E-state index in [0.717, 1.165) is 54.9 Å². The Labute approximate surface area is 270 Å². The molecule has 0 unspecified atom stereocenters. The van der Waals surface area contributed by atoms with Crippen molar-refractivity contribution in [1.82, 2.24) is 0 Å². The molecule has 0 saturated carbocycles. The quantitative estimate of drug-likeness (QED) is 0.189. The summed E-state index contributed by atoms with van der Waals surface area (Å²) in [7, 11) is 0. The van der Waals surface area contributed by atoms with Crippen molar-refractivity contribution in [1.29, 1.82) is 0 Å². The van der Waals surface area contributed by atoms with Crippen LogP contribution in [-0.2, 0) is 0 Å². The van der Waals surface area contributed by atoms with Gasteiger partial charge in [-0.3, -0.25) is 0 Å². The first-order chi connectivity index (χ1) is 24.8. The third-order valence-corrected chi connectivity index (χ3v) is 8.64. The number of rotatable bonds is 4. The molecular weight excluding hydrogens is 544 g/mol. The summed E-state index contributed by atoms with van der Waals surface area (Å²) in [6, 6.07) is 43.1. The van der Waals surface area contributed by atoms with Crippen molar-refractivity contribution in [2.45, 2.75) is 0 Å². The second kappa shape index (κ2) is 10.4. The molecule has 210 valence electrons. The van der Waals surface area contributed by atoms with Gasteiger partial charge in [0, 0.05) is 16.3 Å². The van der Waals surface area contributed by atoms with E-state index in [9.17, 15) is 2.74 Å². The monoisotopic (exact) mass is 578 g/mol. The highest BCUT2D eigenvalue weighted by molar-refractivity contribution is 6.27. The Morgan fingerprint density at radius 1 is 0.378 bits per heavy atom. The van der Waals surface area contributed by atoms with E-state index in [2.05, 4.69) is 60.7 Å². The van der Waals surface area contributed by atoms with E-state index < -0.39 is 6.04 Å². The second-order valence-corrected chi connectivity index (χ2v) is 11.2. The average molecular weight is 579 g/mol. The first-order valence-corrected chi connectivity index (χ1v) is 15.0. The molecule has 0 amide bonds. The van der Waals surface area contributed by atoms with Gasteiger partial charge < -0.3 is 4.42 Å². The zero-order valence-electron chi connectivity index (χ0n) is 30.1. The highest BCUT2D eigenvalue weighted by atomic mass is 16.3. The molecule has 0 aliphatic carbocycles. The van der Waals surface area contributed by atoms with E-state index in [0.29, 0.717) is 16.5 Å². The lowest BCUT2D eigenvalue weighted by atomic mass is 9.82. The van der Waals surface area contributed by atoms with Gasteiger partial charge in [0.1, 0.15) is 11.2 Å². The molecule has 45 heavy (non-hydrogen) atoms.